The van der Waals surface area contributed by atoms with Gasteiger partial charge in [-0.05, 0) is 19.1 Å². The van der Waals surface area contributed by atoms with Gasteiger partial charge in [0.15, 0.2) is 5.75 Å². The van der Waals surface area contributed by atoms with E-state index in [2.05, 4.69) is 14.9 Å². The first-order valence-corrected chi connectivity index (χ1v) is 5.85. The van der Waals surface area contributed by atoms with Crippen LogP contribution in [0.2, 0.25) is 0 Å². The average molecular weight is 273 g/mol. The highest BCUT2D eigenvalue weighted by Gasteiger charge is 2.16. The first kappa shape index (κ1) is 12.2. The van der Waals surface area contributed by atoms with Crippen LogP contribution in [-0.2, 0) is 4.74 Å². The van der Waals surface area contributed by atoms with Crippen LogP contribution in [0, 0.1) is 6.92 Å². The lowest BCUT2D eigenvalue weighted by atomic mass is 10.1. The molecule has 0 aliphatic rings. The van der Waals surface area contributed by atoms with Crippen molar-refractivity contribution < 1.29 is 14.6 Å². The molecular formula is C13H11N3O4. The van der Waals surface area contributed by atoms with Crippen LogP contribution in [0.3, 0.4) is 0 Å². The van der Waals surface area contributed by atoms with Crippen molar-refractivity contribution in [3.05, 3.63) is 39.8 Å². The summed E-state index contributed by atoms with van der Waals surface area (Å²) in [7, 11) is 1.29. The topological polar surface area (TPSA) is 96.7 Å². The molecular weight excluding hydrogens is 262 g/mol. The van der Waals surface area contributed by atoms with E-state index in [4.69, 9.17) is 0 Å². The molecule has 0 unspecified atom stereocenters. The molecule has 1 aromatic carbocycles. The van der Waals surface area contributed by atoms with Gasteiger partial charge in [-0.1, -0.05) is 6.07 Å². The van der Waals surface area contributed by atoms with Crippen LogP contribution >= 0.6 is 0 Å². The predicted octanol–water partition coefficient (Wildman–Crippen LogP) is 0.976. The average Bonchev–Trinajstić information content (AvgIpc) is 2.85. The Morgan fingerprint density at radius 1 is 1.45 bits per heavy atom. The van der Waals surface area contributed by atoms with Crippen molar-refractivity contribution in [2.75, 3.05) is 7.11 Å². The van der Waals surface area contributed by atoms with Gasteiger partial charge in [0.2, 0.25) is 5.65 Å². The molecule has 0 aliphatic heterocycles. The fraction of sp³-hybridized carbons (Fsp3) is 0.154. The number of methoxy groups -OCH3 is 1. The molecule has 0 spiro atoms. The molecule has 0 fully saturated rings. The third-order valence-corrected chi connectivity index (χ3v) is 3.30. The van der Waals surface area contributed by atoms with Gasteiger partial charge < -0.3 is 9.84 Å². The number of aromatic amines is 1. The Kier molecular flexibility index (Phi) is 2.50. The number of esters is 1. The van der Waals surface area contributed by atoms with Gasteiger partial charge in [0.1, 0.15) is 0 Å². The molecule has 2 N–H and O–H groups in total. The van der Waals surface area contributed by atoms with E-state index in [1.165, 1.54) is 17.6 Å². The van der Waals surface area contributed by atoms with Crippen molar-refractivity contribution in [3.8, 4) is 5.75 Å². The number of aromatic nitrogens is 3. The molecule has 0 radical (unpaired) electrons. The van der Waals surface area contributed by atoms with Crippen LogP contribution < -0.4 is 5.69 Å². The zero-order valence-corrected chi connectivity index (χ0v) is 10.8. The summed E-state index contributed by atoms with van der Waals surface area (Å²) in [4.78, 5) is 23.4. The Balaban J connectivity index is 2.53. The highest BCUT2D eigenvalue weighted by Crippen LogP contribution is 2.29. The lowest BCUT2D eigenvalue weighted by Crippen LogP contribution is -2.11. The summed E-state index contributed by atoms with van der Waals surface area (Å²) in [6.45, 7) is 1.72. The summed E-state index contributed by atoms with van der Waals surface area (Å²) in [5.41, 5.74) is 1.03. The minimum absolute atomic E-state index is 0.0679. The van der Waals surface area contributed by atoms with Gasteiger partial charge in [-0.15, -0.1) is 5.10 Å². The highest BCUT2D eigenvalue weighted by molar-refractivity contribution is 5.96. The Bertz CT molecular complexity index is 907. The number of rotatable bonds is 1. The van der Waals surface area contributed by atoms with E-state index in [0.717, 1.165) is 0 Å². The fourth-order valence-corrected chi connectivity index (χ4v) is 2.25. The van der Waals surface area contributed by atoms with E-state index in [0.29, 0.717) is 22.0 Å². The number of pyridine rings is 1. The molecule has 102 valence electrons. The van der Waals surface area contributed by atoms with Gasteiger partial charge in [0.05, 0.1) is 18.2 Å². The maximum atomic E-state index is 11.8. The maximum Gasteiger partial charge on any atom is 0.348 e. The number of ether oxygens (including phenoxy) is 1. The smallest absolute Gasteiger partial charge is 0.348 e. The van der Waals surface area contributed by atoms with Gasteiger partial charge in [-0.3, -0.25) is 0 Å². The molecule has 7 nitrogen and oxygen atoms in total. The molecule has 3 aromatic rings. The molecule has 0 atom stereocenters. The maximum absolute atomic E-state index is 11.8. The second kappa shape index (κ2) is 4.09. The van der Waals surface area contributed by atoms with E-state index in [-0.39, 0.29) is 11.4 Å². The van der Waals surface area contributed by atoms with Gasteiger partial charge in [-0.2, -0.15) is 0 Å². The molecule has 0 saturated carbocycles. The number of carbonyl (C=O) groups is 1. The van der Waals surface area contributed by atoms with E-state index in [1.807, 2.05) is 0 Å². The molecule has 3 rings (SSSR count). The Hall–Kier alpha value is -2.83. The van der Waals surface area contributed by atoms with E-state index in [9.17, 15) is 14.7 Å². The summed E-state index contributed by atoms with van der Waals surface area (Å²) >= 11 is 0. The van der Waals surface area contributed by atoms with Crippen molar-refractivity contribution >= 4 is 22.5 Å². The van der Waals surface area contributed by atoms with Crippen LogP contribution in [0.15, 0.2) is 23.0 Å². The zero-order valence-electron chi connectivity index (χ0n) is 10.8. The molecule has 20 heavy (non-hydrogen) atoms. The monoisotopic (exact) mass is 273 g/mol. The summed E-state index contributed by atoms with van der Waals surface area (Å²) in [5, 5.41) is 16.8. The Morgan fingerprint density at radius 3 is 2.90 bits per heavy atom. The first-order chi connectivity index (χ1) is 9.54. The predicted molar refractivity (Wildman–Crippen MR) is 71.1 cm³/mol. The van der Waals surface area contributed by atoms with E-state index in [1.54, 1.807) is 19.1 Å². The van der Waals surface area contributed by atoms with Crippen LogP contribution in [0.5, 0.6) is 5.75 Å². The van der Waals surface area contributed by atoms with Crippen molar-refractivity contribution in [1.82, 2.24) is 14.6 Å². The van der Waals surface area contributed by atoms with Crippen molar-refractivity contribution in [2.24, 2.45) is 0 Å². The van der Waals surface area contributed by atoms with Crippen molar-refractivity contribution in [3.63, 3.8) is 0 Å². The Morgan fingerprint density at radius 2 is 2.20 bits per heavy atom. The number of hydrogen-bond donors (Lipinski definition) is 2. The first-order valence-electron chi connectivity index (χ1n) is 5.85. The number of benzene rings is 1. The van der Waals surface area contributed by atoms with Gasteiger partial charge in [0.25, 0.3) is 0 Å². The lowest BCUT2D eigenvalue weighted by Gasteiger charge is -2.08. The quantitative estimate of drug-likeness (QED) is 0.644. The number of aromatic hydroxyl groups is 1. The normalized spacial score (nSPS) is 11.1. The van der Waals surface area contributed by atoms with Crippen LogP contribution in [0.4, 0.5) is 0 Å². The number of aryl methyl sites for hydroxylation is 1. The molecule has 0 saturated heterocycles. The molecule has 0 bridgehead atoms. The SMILES string of the molecule is COC(=O)c1ccc2c(C)c(O)c3n[nH]c(=O)n3c2c1. The van der Waals surface area contributed by atoms with Crippen LogP contribution in [0.1, 0.15) is 15.9 Å². The minimum atomic E-state index is -0.498. The second-order valence-electron chi connectivity index (χ2n) is 4.38. The number of nitrogens with zero attached hydrogens (tertiary/aromatic N) is 2. The largest absolute Gasteiger partial charge is 0.504 e. The molecule has 7 heteroatoms. The molecule has 0 amide bonds. The van der Waals surface area contributed by atoms with Crippen molar-refractivity contribution in [2.45, 2.75) is 6.92 Å². The van der Waals surface area contributed by atoms with Crippen LogP contribution in [-0.4, -0.2) is 32.8 Å². The second-order valence-corrected chi connectivity index (χ2v) is 4.38. The van der Waals surface area contributed by atoms with Gasteiger partial charge >= 0.3 is 11.7 Å². The fourth-order valence-electron chi connectivity index (χ4n) is 2.25. The summed E-state index contributed by atoms with van der Waals surface area (Å²) in [6, 6.07) is 4.78. The summed E-state index contributed by atoms with van der Waals surface area (Å²) < 4.78 is 5.89. The highest BCUT2D eigenvalue weighted by atomic mass is 16.5. The van der Waals surface area contributed by atoms with Crippen molar-refractivity contribution in [1.29, 1.82) is 0 Å². The lowest BCUT2D eigenvalue weighted by molar-refractivity contribution is 0.0601. The third-order valence-electron chi connectivity index (χ3n) is 3.30. The van der Waals surface area contributed by atoms with E-state index >= 15 is 0 Å². The number of hydrogen-bond acceptors (Lipinski definition) is 5. The summed E-state index contributed by atoms with van der Waals surface area (Å²) in [5.74, 6) is -0.566. The summed E-state index contributed by atoms with van der Waals surface area (Å²) in [6.07, 6.45) is 0. The molecule has 2 aromatic heterocycles. The van der Waals surface area contributed by atoms with E-state index < -0.39 is 11.7 Å². The molecule has 2 heterocycles. The van der Waals surface area contributed by atoms with Gasteiger partial charge in [0, 0.05) is 10.9 Å². The minimum Gasteiger partial charge on any atom is -0.504 e. The standard InChI is InChI=1S/C13H11N3O4/c1-6-8-4-3-7(12(18)20-2)5-9(8)16-11(10(6)17)14-15-13(16)19/h3-5,17H,1-2H3,(H,15,19). The number of H-pyrrole nitrogens is 1. The molecule has 0 aliphatic carbocycles. The number of nitrogens with one attached hydrogen (secondary N) is 1. The number of carbonyl (C=O) groups excluding carboxylic acids is 1. The number of fused-ring (bicyclic) bond motifs is 3. The third kappa shape index (κ3) is 1.49. The zero-order chi connectivity index (χ0) is 14.4. The van der Waals surface area contributed by atoms with Crippen LogP contribution in [0.25, 0.3) is 16.6 Å². The Labute approximate surface area is 112 Å². The van der Waals surface area contributed by atoms with Gasteiger partial charge in [-0.25, -0.2) is 19.1 Å².